The lowest BCUT2D eigenvalue weighted by Crippen LogP contribution is -2.09. The number of nitrogens with zero attached hydrogens (tertiary/aromatic N) is 2. The average Bonchev–Trinajstić information content (AvgIpc) is 3.10. The maximum Gasteiger partial charge on any atom is 0.0462 e. The molecule has 6 aromatic carbocycles. The van der Waals surface area contributed by atoms with E-state index in [1.807, 2.05) is 24.3 Å². The molecule has 0 aliphatic rings. The molecule has 0 aromatic heterocycles. The standard InChI is InChI=1S/C42H34N2/c1(7-17-35-27-31-41(32-28-35)43(37-19-9-3-10-20-37)38-21-11-4-12-22-38)2-8-18-36-29-33-42(34-30-36)44(39-23-13-5-14-24-39)40-25-15-6-16-26-40/h1-34H/b2-1+,17-7+,18-8+. The van der Waals surface area contributed by atoms with Crippen LogP contribution in [0.25, 0.3) is 12.2 Å². The third-order valence-electron chi connectivity index (χ3n) is 7.27. The van der Waals surface area contributed by atoms with Crippen molar-refractivity contribution < 1.29 is 0 Å². The molecular formula is C42H34N2. The number of hydrogen-bond acceptors (Lipinski definition) is 2. The topological polar surface area (TPSA) is 6.48 Å². The quantitative estimate of drug-likeness (QED) is 0.152. The van der Waals surface area contributed by atoms with Crippen molar-refractivity contribution in [3.8, 4) is 0 Å². The van der Waals surface area contributed by atoms with Crippen LogP contribution < -0.4 is 9.80 Å². The summed E-state index contributed by atoms with van der Waals surface area (Å²) in [5.41, 5.74) is 9.10. The number of hydrogen-bond donors (Lipinski definition) is 0. The first kappa shape index (κ1) is 28.3. The van der Waals surface area contributed by atoms with E-state index >= 15 is 0 Å². The smallest absolute Gasteiger partial charge is 0.0462 e. The van der Waals surface area contributed by atoms with E-state index in [1.165, 1.54) is 0 Å². The van der Waals surface area contributed by atoms with Crippen LogP contribution >= 0.6 is 0 Å². The van der Waals surface area contributed by atoms with Crippen molar-refractivity contribution in [3.63, 3.8) is 0 Å². The van der Waals surface area contributed by atoms with E-state index in [2.05, 4.69) is 192 Å². The summed E-state index contributed by atoms with van der Waals surface area (Å²) in [4.78, 5) is 4.54. The van der Waals surface area contributed by atoms with Crippen LogP contribution in [0.2, 0.25) is 0 Å². The van der Waals surface area contributed by atoms with Gasteiger partial charge < -0.3 is 9.80 Å². The van der Waals surface area contributed by atoms with Crippen LogP contribution in [0.1, 0.15) is 11.1 Å². The van der Waals surface area contributed by atoms with E-state index < -0.39 is 0 Å². The van der Waals surface area contributed by atoms with Crippen LogP contribution in [0.15, 0.2) is 194 Å². The molecule has 212 valence electrons. The zero-order valence-corrected chi connectivity index (χ0v) is 24.5. The number of para-hydroxylation sites is 4. The van der Waals surface area contributed by atoms with Crippen molar-refractivity contribution in [1.82, 2.24) is 0 Å². The molecule has 6 rings (SSSR count). The first-order valence-electron chi connectivity index (χ1n) is 14.9. The fourth-order valence-corrected chi connectivity index (χ4v) is 5.13. The molecule has 0 radical (unpaired) electrons. The first-order valence-corrected chi connectivity index (χ1v) is 14.9. The van der Waals surface area contributed by atoms with Gasteiger partial charge in [0.25, 0.3) is 0 Å². The van der Waals surface area contributed by atoms with Gasteiger partial charge in [-0.05, 0) is 83.9 Å². The van der Waals surface area contributed by atoms with Gasteiger partial charge in [0.2, 0.25) is 0 Å². The molecule has 0 bridgehead atoms. The summed E-state index contributed by atoms with van der Waals surface area (Å²) in [6, 6.07) is 59.2. The van der Waals surface area contributed by atoms with Crippen LogP contribution in [-0.2, 0) is 0 Å². The lowest BCUT2D eigenvalue weighted by atomic mass is 10.1. The third-order valence-corrected chi connectivity index (χ3v) is 7.27. The number of anilines is 6. The molecule has 0 unspecified atom stereocenters. The lowest BCUT2D eigenvalue weighted by molar-refractivity contribution is 1.28. The van der Waals surface area contributed by atoms with E-state index in [4.69, 9.17) is 0 Å². The van der Waals surface area contributed by atoms with E-state index in [-0.39, 0.29) is 0 Å². The Hall–Kier alpha value is -5.86. The third kappa shape index (κ3) is 7.13. The Morgan fingerprint density at radius 1 is 0.250 bits per heavy atom. The van der Waals surface area contributed by atoms with E-state index in [9.17, 15) is 0 Å². The van der Waals surface area contributed by atoms with Gasteiger partial charge in [0.05, 0.1) is 0 Å². The van der Waals surface area contributed by atoms with Crippen molar-refractivity contribution in [1.29, 1.82) is 0 Å². The summed E-state index contributed by atoms with van der Waals surface area (Å²) >= 11 is 0. The van der Waals surface area contributed by atoms with Gasteiger partial charge in [0, 0.05) is 34.1 Å². The van der Waals surface area contributed by atoms with E-state index in [0.717, 1.165) is 45.3 Å². The predicted molar refractivity (Wildman–Crippen MR) is 189 cm³/mol. The van der Waals surface area contributed by atoms with Gasteiger partial charge in [-0.1, -0.05) is 134 Å². The molecule has 2 heteroatoms. The summed E-state index contributed by atoms with van der Waals surface area (Å²) in [5.74, 6) is 0. The molecule has 0 saturated heterocycles. The van der Waals surface area contributed by atoms with Crippen molar-refractivity contribution >= 4 is 46.3 Å². The molecule has 6 aromatic rings. The van der Waals surface area contributed by atoms with Crippen molar-refractivity contribution in [2.24, 2.45) is 0 Å². The van der Waals surface area contributed by atoms with Crippen LogP contribution in [0.5, 0.6) is 0 Å². The van der Waals surface area contributed by atoms with Crippen molar-refractivity contribution in [3.05, 3.63) is 205 Å². The highest BCUT2D eigenvalue weighted by Gasteiger charge is 2.12. The minimum absolute atomic E-state index is 1.12. The molecule has 0 aliphatic heterocycles. The second-order valence-corrected chi connectivity index (χ2v) is 10.3. The maximum atomic E-state index is 2.27. The van der Waals surface area contributed by atoms with Crippen molar-refractivity contribution in [2.45, 2.75) is 0 Å². The van der Waals surface area contributed by atoms with Gasteiger partial charge in [0.15, 0.2) is 0 Å². The van der Waals surface area contributed by atoms with Crippen LogP contribution in [0.3, 0.4) is 0 Å². The zero-order valence-electron chi connectivity index (χ0n) is 24.5. The van der Waals surface area contributed by atoms with Crippen LogP contribution in [-0.4, -0.2) is 0 Å². The molecule has 0 amide bonds. The van der Waals surface area contributed by atoms with Gasteiger partial charge in [0.1, 0.15) is 0 Å². The molecule has 0 atom stereocenters. The highest BCUT2D eigenvalue weighted by Crippen LogP contribution is 2.35. The second kappa shape index (κ2) is 14.4. The fraction of sp³-hybridized carbons (Fsp3) is 0. The predicted octanol–water partition coefficient (Wildman–Crippen LogP) is 11.9. The minimum atomic E-state index is 1.12. The molecule has 44 heavy (non-hydrogen) atoms. The Morgan fingerprint density at radius 2 is 0.500 bits per heavy atom. The minimum Gasteiger partial charge on any atom is -0.311 e. The molecule has 2 nitrogen and oxygen atoms in total. The van der Waals surface area contributed by atoms with Gasteiger partial charge in [-0.3, -0.25) is 0 Å². The Bertz CT molecular complexity index is 1590. The lowest BCUT2D eigenvalue weighted by Gasteiger charge is -2.25. The number of allylic oxidation sites excluding steroid dienone is 4. The van der Waals surface area contributed by atoms with Gasteiger partial charge in [-0.2, -0.15) is 0 Å². The second-order valence-electron chi connectivity index (χ2n) is 10.3. The molecule has 0 fully saturated rings. The maximum absolute atomic E-state index is 2.27. The Morgan fingerprint density at radius 3 is 0.773 bits per heavy atom. The normalized spacial score (nSPS) is 11.4. The molecule has 0 heterocycles. The Balaban J connectivity index is 1.10. The summed E-state index contributed by atoms with van der Waals surface area (Å²) in [6.45, 7) is 0. The summed E-state index contributed by atoms with van der Waals surface area (Å²) in [7, 11) is 0. The molecule has 0 spiro atoms. The fourth-order valence-electron chi connectivity index (χ4n) is 5.13. The monoisotopic (exact) mass is 566 g/mol. The first-order chi connectivity index (χ1) is 21.8. The highest BCUT2D eigenvalue weighted by atomic mass is 15.1. The summed E-state index contributed by atoms with van der Waals surface area (Å²) in [6.07, 6.45) is 12.5. The molecular weight excluding hydrogens is 532 g/mol. The average molecular weight is 567 g/mol. The van der Waals surface area contributed by atoms with Gasteiger partial charge >= 0.3 is 0 Å². The van der Waals surface area contributed by atoms with Gasteiger partial charge in [-0.25, -0.2) is 0 Å². The molecule has 0 saturated carbocycles. The van der Waals surface area contributed by atoms with Crippen LogP contribution in [0, 0.1) is 0 Å². The van der Waals surface area contributed by atoms with E-state index in [1.54, 1.807) is 0 Å². The molecule has 0 aliphatic carbocycles. The Labute approximate surface area is 260 Å². The highest BCUT2D eigenvalue weighted by molar-refractivity contribution is 5.78. The largest absolute Gasteiger partial charge is 0.311 e. The van der Waals surface area contributed by atoms with Crippen molar-refractivity contribution in [2.75, 3.05) is 9.80 Å². The summed E-state index contributed by atoms with van der Waals surface area (Å²) < 4.78 is 0. The zero-order chi connectivity index (χ0) is 29.8. The Kier molecular flexibility index (Phi) is 9.22. The van der Waals surface area contributed by atoms with E-state index in [0.29, 0.717) is 0 Å². The number of benzene rings is 6. The molecule has 0 N–H and O–H groups in total. The van der Waals surface area contributed by atoms with Gasteiger partial charge in [-0.15, -0.1) is 0 Å². The van der Waals surface area contributed by atoms with Crippen LogP contribution in [0.4, 0.5) is 34.1 Å². The summed E-state index contributed by atoms with van der Waals surface area (Å²) in [5, 5.41) is 0. The number of rotatable bonds is 10. The SMILES string of the molecule is C(=C\C=C\c1ccc(N(c2ccccc2)c2ccccc2)cc1)/C=C/c1ccc(N(c2ccccc2)c2ccccc2)cc1.